The van der Waals surface area contributed by atoms with E-state index >= 15 is 0 Å². The highest BCUT2D eigenvalue weighted by molar-refractivity contribution is 7.91. The molecule has 0 unspecified atom stereocenters. The maximum Gasteiger partial charge on any atom is 0.240 e. The number of rotatable bonds is 3. The first-order valence-electron chi connectivity index (χ1n) is 4.95. The molecule has 0 aliphatic heterocycles. The van der Waals surface area contributed by atoms with Crippen LogP contribution in [0.2, 0.25) is 0 Å². The Labute approximate surface area is 105 Å². The number of amides is 1. The van der Waals surface area contributed by atoms with Crippen LogP contribution in [-0.2, 0) is 14.6 Å². The van der Waals surface area contributed by atoms with E-state index in [4.69, 9.17) is 5.11 Å². The summed E-state index contributed by atoms with van der Waals surface area (Å²) in [6.45, 7) is -0.285. The fourth-order valence-corrected chi connectivity index (χ4v) is 1.67. The van der Waals surface area contributed by atoms with Crippen molar-refractivity contribution in [2.75, 3.05) is 23.9 Å². The van der Waals surface area contributed by atoms with Crippen LogP contribution in [-0.4, -0.2) is 43.0 Å². The van der Waals surface area contributed by atoms with Crippen LogP contribution in [0.5, 0.6) is 0 Å². The minimum atomic E-state index is -3.37. The first-order valence-corrected chi connectivity index (χ1v) is 7.01. The standard InChI is InChI=1S/C11H12N2O4S/c1-18(16,17)8-11(15)13-10-6-2-4-9(12-10)5-3-7-14/h2,4,6,14H,7-8H2,1H3,(H,12,13,15). The molecule has 6 nitrogen and oxygen atoms in total. The van der Waals surface area contributed by atoms with Gasteiger partial charge in [-0.1, -0.05) is 12.0 Å². The third-order valence-electron chi connectivity index (χ3n) is 1.71. The molecular weight excluding hydrogens is 256 g/mol. The van der Waals surface area contributed by atoms with Gasteiger partial charge in [0.05, 0.1) is 0 Å². The van der Waals surface area contributed by atoms with E-state index in [0.29, 0.717) is 5.69 Å². The van der Waals surface area contributed by atoms with Gasteiger partial charge in [0.1, 0.15) is 23.9 Å². The Balaban J connectivity index is 2.76. The number of sulfone groups is 1. The van der Waals surface area contributed by atoms with E-state index in [0.717, 1.165) is 6.26 Å². The van der Waals surface area contributed by atoms with Crippen molar-refractivity contribution in [1.29, 1.82) is 0 Å². The number of aromatic nitrogens is 1. The summed E-state index contributed by atoms with van der Waals surface area (Å²) in [5, 5.41) is 10.9. The minimum absolute atomic E-state index is 0.216. The van der Waals surface area contributed by atoms with Gasteiger partial charge in [-0.3, -0.25) is 4.79 Å². The van der Waals surface area contributed by atoms with E-state index in [9.17, 15) is 13.2 Å². The Kier molecular flexibility index (Phi) is 4.83. The van der Waals surface area contributed by atoms with Crippen LogP contribution in [0.1, 0.15) is 5.69 Å². The van der Waals surface area contributed by atoms with Crippen molar-refractivity contribution < 1.29 is 18.3 Å². The van der Waals surface area contributed by atoms with Crippen molar-refractivity contribution >= 4 is 21.6 Å². The molecule has 0 aliphatic rings. The third kappa shape index (κ3) is 5.43. The molecule has 0 spiro atoms. The van der Waals surface area contributed by atoms with Crippen LogP contribution in [0.25, 0.3) is 0 Å². The molecule has 0 atom stereocenters. The van der Waals surface area contributed by atoms with Gasteiger partial charge in [-0.15, -0.1) is 0 Å². The van der Waals surface area contributed by atoms with Crippen molar-refractivity contribution in [3.05, 3.63) is 23.9 Å². The van der Waals surface area contributed by atoms with Crippen LogP contribution in [0.4, 0.5) is 5.82 Å². The van der Waals surface area contributed by atoms with Crippen molar-refractivity contribution in [3.8, 4) is 11.8 Å². The number of carbonyl (C=O) groups is 1. The van der Waals surface area contributed by atoms with E-state index in [1.165, 1.54) is 6.07 Å². The second kappa shape index (κ2) is 6.14. The highest BCUT2D eigenvalue weighted by atomic mass is 32.2. The summed E-state index contributed by atoms with van der Waals surface area (Å²) in [5.41, 5.74) is 0.376. The van der Waals surface area contributed by atoms with Gasteiger partial charge in [-0.2, -0.15) is 0 Å². The van der Waals surface area contributed by atoms with E-state index in [-0.39, 0.29) is 12.4 Å². The van der Waals surface area contributed by atoms with Crippen LogP contribution in [0.3, 0.4) is 0 Å². The summed E-state index contributed by atoms with van der Waals surface area (Å²) in [6, 6.07) is 4.74. The molecule has 0 aromatic carbocycles. The Morgan fingerprint density at radius 3 is 2.83 bits per heavy atom. The number of hydrogen-bond donors (Lipinski definition) is 2. The molecule has 96 valence electrons. The van der Waals surface area contributed by atoms with Gasteiger partial charge in [0, 0.05) is 6.26 Å². The summed E-state index contributed by atoms with van der Waals surface area (Å²) in [6.07, 6.45) is 0.975. The van der Waals surface area contributed by atoms with Gasteiger partial charge < -0.3 is 10.4 Å². The molecule has 0 saturated heterocycles. The van der Waals surface area contributed by atoms with Crippen LogP contribution < -0.4 is 5.32 Å². The molecule has 1 amide bonds. The smallest absolute Gasteiger partial charge is 0.240 e. The molecule has 18 heavy (non-hydrogen) atoms. The molecule has 0 bridgehead atoms. The maximum absolute atomic E-state index is 11.3. The van der Waals surface area contributed by atoms with Gasteiger partial charge in [0.25, 0.3) is 0 Å². The Morgan fingerprint density at radius 1 is 1.50 bits per heavy atom. The number of carbonyl (C=O) groups excluding carboxylic acids is 1. The first kappa shape index (κ1) is 14.2. The van der Waals surface area contributed by atoms with Crippen LogP contribution >= 0.6 is 0 Å². The Morgan fingerprint density at radius 2 is 2.22 bits per heavy atom. The van der Waals surface area contributed by atoms with Gasteiger partial charge in [-0.05, 0) is 18.1 Å². The Bertz CT molecular complexity index is 599. The lowest BCUT2D eigenvalue weighted by Gasteiger charge is -2.03. The number of nitrogens with one attached hydrogen (secondary N) is 1. The Hall–Kier alpha value is -1.91. The van der Waals surface area contributed by atoms with Crippen molar-refractivity contribution in [1.82, 2.24) is 4.98 Å². The molecule has 1 aromatic rings. The van der Waals surface area contributed by atoms with Gasteiger partial charge in [-0.25, -0.2) is 13.4 Å². The average molecular weight is 268 g/mol. The minimum Gasteiger partial charge on any atom is -0.384 e. The zero-order chi connectivity index (χ0) is 13.6. The van der Waals surface area contributed by atoms with Gasteiger partial charge >= 0.3 is 0 Å². The number of pyridine rings is 1. The zero-order valence-electron chi connectivity index (χ0n) is 9.67. The summed E-state index contributed by atoms with van der Waals surface area (Å²) in [5.74, 6) is 3.96. The monoisotopic (exact) mass is 268 g/mol. The first-order chi connectivity index (χ1) is 8.40. The van der Waals surface area contributed by atoms with Crippen LogP contribution in [0, 0.1) is 11.8 Å². The lowest BCUT2D eigenvalue weighted by Crippen LogP contribution is -2.22. The molecule has 2 N–H and O–H groups in total. The molecule has 0 aliphatic carbocycles. The highest BCUT2D eigenvalue weighted by Gasteiger charge is 2.11. The molecule has 1 rings (SSSR count). The van der Waals surface area contributed by atoms with Gasteiger partial charge in [0.15, 0.2) is 9.84 Å². The number of anilines is 1. The molecule has 7 heteroatoms. The fourth-order valence-electron chi connectivity index (χ4n) is 1.12. The number of aliphatic hydroxyl groups is 1. The predicted octanol–water partition coefficient (Wildman–Crippen LogP) is -0.592. The second-order valence-corrected chi connectivity index (χ2v) is 5.63. The largest absolute Gasteiger partial charge is 0.384 e. The molecule has 0 fully saturated rings. The number of nitrogens with zero attached hydrogens (tertiary/aromatic N) is 1. The van der Waals surface area contributed by atoms with E-state index < -0.39 is 21.5 Å². The summed E-state index contributed by atoms with van der Waals surface area (Å²) in [7, 11) is -3.37. The quantitative estimate of drug-likeness (QED) is 0.714. The zero-order valence-corrected chi connectivity index (χ0v) is 10.5. The molecule has 1 aromatic heterocycles. The molecular formula is C11H12N2O4S. The predicted molar refractivity (Wildman–Crippen MR) is 66.5 cm³/mol. The fraction of sp³-hybridized carbons (Fsp3) is 0.273. The summed E-state index contributed by atoms with van der Waals surface area (Å²) in [4.78, 5) is 15.3. The third-order valence-corrected chi connectivity index (χ3v) is 2.49. The van der Waals surface area contributed by atoms with Crippen LogP contribution in [0.15, 0.2) is 18.2 Å². The molecule has 1 heterocycles. The highest BCUT2D eigenvalue weighted by Crippen LogP contribution is 2.04. The average Bonchev–Trinajstić information content (AvgIpc) is 2.24. The van der Waals surface area contributed by atoms with E-state index in [1.54, 1.807) is 12.1 Å². The lowest BCUT2D eigenvalue weighted by atomic mass is 10.3. The topological polar surface area (TPSA) is 96.4 Å². The lowest BCUT2D eigenvalue weighted by molar-refractivity contribution is -0.113. The van der Waals surface area contributed by atoms with Crippen molar-refractivity contribution in [2.24, 2.45) is 0 Å². The SMILES string of the molecule is CS(=O)(=O)CC(=O)Nc1cccc(C#CCO)n1. The second-order valence-electron chi connectivity index (χ2n) is 3.49. The maximum atomic E-state index is 11.3. The molecule has 0 radical (unpaired) electrons. The van der Waals surface area contributed by atoms with Gasteiger partial charge in [0.2, 0.25) is 5.91 Å². The summed E-state index contributed by atoms with van der Waals surface area (Å²) < 4.78 is 21.8. The van der Waals surface area contributed by atoms with E-state index in [2.05, 4.69) is 22.1 Å². The molecule has 0 saturated carbocycles. The number of aliphatic hydroxyl groups excluding tert-OH is 1. The normalized spacial score (nSPS) is 10.3. The number of hydrogen-bond acceptors (Lipinski definition) is 5. The van der Waals surface area contributed by atoms with Crippen molar-refractivity contribution in [3.63, 3.8) is 0 Å². The van der Waals surface area contributed by atoms with E-state index in [1.807, 2.05) is 0 Å². The van der Waals surface area contributed by atoms with Crippen molar-refractivity contribution in [2.45, 2.75) is 0 Å². The summed E-state index contributed by atoms with van der Waals surface area (Å²) >= 11 is 0.